The summed E-state index contributed by atoms with van der Waals surface area (Å²) in [4.78, 5) is 9.69. The normalized spacial score (nSPS) is 10.8. The quantitative estimate of drug-likeness (QED) is 0.756. The van der Waals surface area contributed by atoms with Gasteiger partial charge in [-0.05, 0) is 19.2 Å². The van der Waals surface area contributed by atoms with Crippen molar-refractivity contribution in [1.82, 2.24) is 14.9 Å². The van der Waals surface area contributed by atoms with E-state index in [1.54, 1.807) is 12.3 Å². The Balaban J connectivity index is 2.49. The summed E-state index contributed by atoms with van der Waals surface area (Å²) in [5.41, 5.74) is 0. The SMILES string of the molecule is CCN(CC)CCc1nccc(=S)[nH]1. The lowest BCUT2D eigenvalue weighted by atomic mass is 10.3. The summed E-state index contributed by atoms with van der Waals surface area (Å²) in [5.74, 6) is 0.976. The monoisotopic (exact) mass is 211 g/mol. The van der Waals surface area contributed by atoms with E-state index in [1.807, 2.05) is 0 Å². The molecule has 1 rings (SSSR count). The zero-order valence-electron chi connectivity index (χ0n) is 8.79. The van der Waals surface area contributed by atoms with Crippen LogP contribution >= 0.6 is 12.2 Å². The number of likely N-dealkylation sites (N-methyl/N-ethyl adjacent to an activating group) is 1. The van der Waals surface area contributed by atoms with Gasteiger partial charge in [0.15, 0.2) is 0 Å². The molecule has 0 aliphatic rings. The zero-order chi connectivity index (χ0) is 10.4. The van der Waals surface area contributed by atoms with Crippen molar-refractivity contribution in [3.8, 4) is 0 Å². The largest absolute Gasteiger partial charge is 0.335 e. The van der Waals surface area contributed by atoms with Crippen LogP contribution in [0.1, 0.15) is 19.7 Å². The van der Waals surface area contributed by atoms with Crippen molar-refractivity contribution in [2.24, 2.45) is 0 Å². The molecule has 78 valence electrons. The molecule has 0 aliphatic carbocycles. The summed E-state index contributed by atoms with van der Waals surface area (Å²) in [6, 6.07) is 1.80. The van der Waals surface area contributed by atoms with E-state index in [0.717, 1.165) is 36.5 Å². The number of nitrogens with one attached hydrogen (secondary N) is 1. The van der Waals surface area contributed by atoms with E-state index in [1.165, 1.54) is 0 Å². The predicted octanol–water partition coefficient (Wildman–Crippen LogP) is 2.02. The number of aromatic nitrogens is 2. The van der Waals surface area contributed by atoms with E-state index in [9.17, 15) is 0 Å². The highest BCUT2D eigenvalue weighted by atomic mass is 32.1. The van der Waals surface area contributed by atoms with E-state index >= 15 is 0 Å². The Hall–Kier alpha value is -0.740. The van der Waals surface area contributed by atoms with Gasteiger partial charge < -0.3 is 9.88 Å². The predicted molar refractivity (Wildman–Crippen MR) is 60.9 cm³/mol. The van der Waals surface area contributed by atoms with Gasteiger partial charge in [-0.1, -0.05) is 26.1 Å². The van der Waals surface area contributed by atoms with E-state index < -0.39 is 0 Å². The van der Waals surface area contributed by atoms with Crippen molar-refractivity contribution in [3.05, 3.63) is 22.7 Å². The van der Waals surface area contributed by atoms with Crippen LogP contribution in [0.15, 0.2) is 12.3 Å². The lowest BCUT2D eigenvalue weighted by Gasteiger charge is -2.16. The van der Waals surface area contributed by atoms with E-state index in [2.05, 4.69) is 28.7 Å². The topological polar surface area (TPSA) is 31.9 Å². The van der Waals surface area contributed by atoms with Gasteiger partial charge in [0.2, 0.25) is 0 Å². The van der Waals surface area contributed by atoms with E-state index in [0.29, 0.717) is 0 Å². The number of rotatable bonds is 5. The molecule has 4 heteroatoms. The van der Waals surface area contributed by atoms with Crippen molar-refractivity contribution in [3.63, 3.8) is 0 Å². The molecular formula is C10H17N3S. The Morgan fingerprint density at radius 2 is 2.14 bits per heavy atom. The van der Waals surface area contributed by atoms with Crippen molar-refractivity contribution >= 4 is 12.2 Å². The number of hydrogen-bond acceptors (Lipinski definition) is 3. The van der Waals surface area contributed by atoms with Crippen LogP contribution in [0.25, 0.3) is 0 Å². The molecule has 0 spiro atoms. The van der Waals surface area contributed by atoms with Crippen LogP contribution in [-0.4, -0.2) is 34.5 Å². The van der Waals surface area contributed by atoms with Crippen molar-refractivity contribution in [2.75, 3.05) is 19.6 Å². The Morgan fingerprint density at radius 3 is 2.71 bits per heavy atom. The highest BCUT2D eigenvalue weighted by molar-refractivity contribution is 7.71. The molecule has 0 aromatic carbocycles. The number of hydrogen-bond donors (Lipinski definition) is 1. The second-order valence-corrected chi connectivity index (χ2v) is 3.60. The van der Waals surface area contributed by atoms with E-state index in [-0.39, 0.29) is 0 Å². The van der Waals surface area contributed by atoms with Gasteiger partial charge in [-0.3, -0.25) is 0 Å². The minimum atomic E-state index is 0.759. The molecule has 0 bridgehead atoms. The molecule has 1 heterocycles. The summed E-state index contributed by atoms with van der Waals surface area (Å²) in [7, 11) is 0. The second-order valence-electron chi connectivity index (χ2n) is 3.16. The lowest BCUT2D eigenvalue weighted by Crippen LogP contribution is -2.25. The molecule has 3 nitrogen and oxygen atoms in total. The molecule has 0 saturated carbocycles. The van der Waals surface area contributed by atoms with Gasteiger partial charge in [0, 0.05) is 19.2 Å². The van der Waals surface area contributed by atoms with Crippen LogP contribution in [0, 0.1) is 4.64 Å². The first kappa shape index (κ1) is 11.3. The molecule has 1 aromatic rings. The summed E-state index contributed by atoms with van der Waals surface area (Å²) in [6.07, 6.45) is 2.70. The molecule has 0 fully saturated rings. The Kier molecular flexibility index (Phi) is 4.76. The summed E-state index contributed by atoms with van der Waals surface area (Å²) in [6.45, 7) is 7.55. The first-order valence-corrected chi connectivity index (χ1v) is 5.43. The average molecular weight is 211 g/mol. The van der Waals surface area contributed by atoms with E-state index in [4.69, 9.17) is 12.2 Å². The van der Waals surface area contributed by atoms with Crippen molar-refractivity contribution in [2.45, 2.75) is 20.3 Å². The first-order valence-electron chi connectivity index (χ1n) is 5.02. The number of H-pyrrole nitrogens is 1. The third-order valence-corrected chi connectivity index (χ3v) is 2.52. The highest BCUT2D eigenvalue weighted by Gasteiger charge is 2.00. The van der Waals surface area contributed by atoms with Crippen LogP contribution < -0.4 is 0 Å². The van der Waals surface area contributed by atoms with Gasteiger partial charge in [0.1, 0.15) is 10.5 Å². The number of nitrogens with zero attached hydrogens (tertiary/aromatic N) is 2. The fourth-order valence-electron chi connectivity index (χ4n) is 1.34. The molecule has 0 unspecified atom stereocenters. The summed E-state index contributed by atoms with van der Waals surface area (Å²) < 4.78 is 0.759. The molecule has 0 saturated heterocycles. The van der Waals surface area contributed by atoms with Crippen molar-refractivity contribution in [1.29, 1.82) is 0 Å². The van der Waals surface area contributed by atoms with Gasteiger partial charge in [0.05, 0.1) is 0 Å². The van der Waals surface area contributed by atoms with Gasteiger partial charge >= 0.3 is 0 Å². The van der Waals surface area contributed by atoms with Gasteiger partial charge in [-0.2, -0.15) is 0 Å². The van der Waals surface area contributed by atoms with Crippen molar-refractivity contribution < 1.29 is 0 Å². The molecule has 14 heavy (non-hydrogen) atoms. The fourth-order valence-corrected chi connectivity index (χ4v) is 1.52. The Labute approximate surface area is 90.2 Å². The smallest absolute Gasteiger partial charge is 0.108 e. The lowest BCUT2D eigenvalue weighted by molar-refractivity contribution is 0.305. The van der Waals surface area contributed by atoms with Gasteiger partial charge in [-0.25, -0.2) is 4.98 Å². The fraction of sp³-hybridized carbons (Fsp3) is 0.600. The first-order chi connectivity index (χ1) is 6.76. The molecule has 0 aliphatic heterocycles. The molecule has 0 atom stereocenters. The maximum absolute atomic E-state index is 5.03. The Morgan fingerprint density at radius 1 is 1.43 bits per heavy atom. The zero-order valence-corrected chi connectivity index (χ0v) is 9.60. The summed E-state index contributed by atoms with van der Waals surface area (Å²) >= 11 is 5.03. The Bertz CT molecular complexity index is 317. The maximum Gasteiger partial charge on any atom is 0.108 e. The van der Waals surface area contributed by atoms with Gasteiger partial charge in [0.25, 0.3) is 0 Å². The minimum Gasteiger partial charge on any atom is -0.335 e. The van der Waals surface area contributed by atoms with Gasteiger partial charge in [-0.15, -0.1) is 0 Å². The molecule has 1 aromatic heterocycles. The number of aromatic amines is 1. The van der Waals surface area contributed by atoms with Crippen LogP contribution in [0.3, 0.4) is 0 Å². The van der Waals surface area contributed by atoms with Crippen LogP contribution in [0.5, 0.6) is 0 Å². The average Bonchev–Trinajstić information content (AvgIpc) is 2.19. The summed E-state index contributed by atoms with van der Waals surface area (Å²) in [5, 5.41) is 0. The van der Waals surface area contributed by atoms with Crippen LogP contribution in [-0.2, 0) is 6.42 Å². The van der Waals surface area contributed by atoms with Crippen LogP contribution in [0.4, 0.5) is 0 Å². The minimum absolute atomic E-state index is 0.759. The second kappa shape index (κ2) is 5.88. The maximum atomic E-state index is 5.03. The standard InChI is InChI=1S/C10H17N3S/c1-3-13(4-2)8-6-9-11-7-5-10(14)12-9/h5,7H,3-4,6,8H2,1-2H3,(H,11,12,14). The third-order valence-electron chi connectivity index (χ3n) is 2.28. The third kappa shape index (κ3) is 3.55. The molecule has 0 amide bonds. The highest BCUT2D eigenvalue weighted by Crippen LogP contribution is 1.95. The molecule has 1 N–H and O–H groups in total. The molecule has 0 radical (unpaired) electrons. The molecular weight excluding hydrogens is 194 g/mol. The van der Waals surface area contributed by atoms with Crippen LogP contribution in [0.2, 0.25) is 0 Å².